The Morgan fingerprint density at radius 1 is 1.00 bits per heavy atom. The number of fused-ring (bicyclic) bond motifs is 1. The molecule has 0 saturated carbocycles. The predicted octanol–water partition coefficient (Wildman–Crippen LogP) is 5.02. The molecule has 7 heteroatoms. The molecule has 0 bridgehead atoms. The summed E-state index contributed by atoms with van der Waals surface area (Å²) in [5.41, 5.74) is 4.54. The number of carbonyl (C=O) groups is 2. The first-order valence-electron chi connectivity index (χ1n) is 11.3. The van der Waals surface area contributed by atoms with Gasteiger partial charge in [-0.2, -0.15) is 0 Å². The Bertz CT molecular complexity index is 1220. The number of hydrogen-bond donors (Lipinski definition) is 1. The molecule has 2 amide bonds. The van der Waals surface area contributed by atoms with Gasteiger partial charge in [-0.1, -0.05) is 65.9 Å². The molecule has 1 aliphatic rings. The Morgan fingerprint density at radius 2 is 1.69 bits per heavy atom. The number of methoxy groups -OCH3 is 2. The molecule has 1 heterocycles. The summed E-state index contributed by atoms with van der Waals surface area (Å²) in [7, 11) is 3.04. The number of rotatable bonds is 8. The number of aryl methyl sites for hydroxylation is 1. The maximum Gasteiger partial charge on any atom is 0.265 e. The van der Waals surface area contributed by atoms with Crippen LogP contribution in [0.1, 0.15) is 27.0 Å². The van der Waals surface area contributed by atoms with Gasteiger partial charge in [0.15, 0.2) is 6.29 Å². The Kier molecular flexibility index (Phi) is 8.02. The largest absolute Gasteiger partial charge is 0.354 e. The van der Waals surface area contributed by atoms with E-state index in [2.05, 4.69) is 29.6 Å². The number of anilines is 1. The molecule has 4 rings (SSSR count). The Balaban J connectivity index is 1.53. The van der Waals surface area contributed by atoms with Crippen molar-refractivity contribution >= 4 is 35.3 Å². The zero-order chi connectivity index (χ0) is 24.8. The highest BCUT2D eigenvalue weighted by atomic mass is 32.2. The Morgan fingerprint density at radius 3 is 2.37 bits per heavy atom. The molecule has 180 valence electrons. The van der Waals surface area contributed by atoms with E-state index in [9.17, 15) is 9.59 Å². The van der Waals surface area contributed by atoms with Crippen molar-refractivity contribution < 1.29 is 19.1 Å². The summed E-state index contributed by atoms with van der Waals surface area (Å²) < 4.78 is 10.2. The van der Waals surface area contributed by atoms with Gasteiger partial charge in [-0.25, -0.2) is 0 Å². The third-order valence-corrected chi connectivity index (χ3v) is 6.80. The van der Waals surface area contributed by atoms with Gasteiger partial charge in [-0.15, -0.1) is 0 Å². The molecular formula is C28H28N2O4S. The van der Waals surface area contributed by atoms with Crippen molar-refractivity contribution in [3.63, 3.8) is 0 Å². The van der Waals surface area contributed by atoms with Crippen molar-refractivity contribution in [2.75, 3.05) is 25.7 Å². The number of carbonyl (C=O) groups excluding carboxylic acids is 2. The van der Waals surface area contributed by atoms with Gasteiger partial charge in [0.2, 0.25) is 0 Å². The van der Waals surface area contributed by atoms with Crippen LogP contribution in [-0.4, -0.2) is 38.9 Å². The highest BCUT2D eigenvalue weighted by Gasteiger charge is 2.29. The maximum atomic E-state index is 13.5. The summed E-state index contributed by atoms with van der Waals surface area (Å²) in [6.45, 7) is 2.80. The number of para-hydroxylation sites is 1. The second kappa shape index (κ2) is 11.4. The molecule has 35 heavy (non-hydrogen) atoms. The fraction of sp³-hybridized carbons (Fsp3) is 0.214. The molecule has 0 unspecified atom stereocenters. The normalized spacial score (nSPS) is 14.3. The predicted molar refractivity (Wildman–Crippen MR) is 139 cm³/mol. The second-order valence-electron chi connectivity index (χ2n) is 8.19. The third kappa shape index (κ3) is 6.00. The molecule has 1 aliphatic heterocycles. The standard InChI is InChI=1S/C28H28N2O4S/c1-19-8-10-21(11-9-19)18-30-23-6-4-5-7-24(23)35-25(28(30)32)16-20-12-14-22(15-13-20)27(31)29-17-26(33-2)34-3/h4-16,26H,17-18H2,1-3H3,(H,29,31)/b25-16+. The van der Waals surface area contributed by atoms with E-state index in [-0.39, 0.29) is 18.4 Å². The molecule has 0 saturated heterocycles. The molecule has 0 spiro atoms. The van der Waals surface area contributed by atoms with E-state index in [4.69, 9.17) is 9.47 Å². The minimum absolute atomic E-state index is 0.0405. The topological polar surface area (TPSA) is 67.9 Å². The van der Waals surface area contributed by atoms with Crippen LogP contribution in [0.25, 0.3) is 6.08 Å². The fourth-order valence-electron chi connectivity index (χ4n) is 3.72. The summed E-state index contributed by atoms with van der Waals surface area (Å²) in [6.07, 6.45) is 1.38. The average Bonchev–Trinajstić information content (AvgIpc) is 2.88. The smallest absolute Gasteiger partial charge is 0.265 e. The summed E-state index contributed by atoms with van der Waals surface area (Å²) in [5, 5.41) is 2.78. The van der Waals surface area contributed by atoms with Crippen LogP contribution in [-0.2, 0) is 20.8 Å². The number of benzene rings is 3. The SMILES string of the molecule is COC(CNC(=O)c1ccc(/C=C2/Sc3ccccc3N(Cc3ccc(C)cc3)C2=O)cc1)OC. The van der Waals surface area contributed by atoms with Crippen molar-refractivity contribution in [3.05, 3.63) is 100.0 Å². The lowest BCUT2D eigenvalue weighted by Crippen LogP contribution is -2.34. The van der Waals surface area contributed by atoms with Crippen LogP contribution < -0.4 is 10.2 Å². The number of thioether (sulfide) groups is 1. The highest BCUT2D eigenvalue weighted by Crippen LogP contribution is 2.42. The van der Waals surface area contributed by atoms with Crippen LogP contribution in [0.2, 0.25) is 0 Å². The number of nitrogens with zero attached hydrogens (tertiary/aromatic N) is 1. The molecule has 6 nitrogen and oxygen atoms in total. The number of nitrogens with one attached hydrogen (secondary N) is 1. The average molecular weight is 489 g/mol. The molecule has 0 fully saturated rings. The first-order valence-corrected chi connectivity index (χ1v) is 12.1. The lowest BCUT2D eigenvalue weighted by atomic mass is 10.1. The van der Waals surface area contributed by atoms with Gasteiger partial charge in [-0.3, -0.25) is 9.59 Å². The van der Waals surface area contributed by atoms with E-state index >= 15 is 0 Å². The fourth-order valence-corrected chi connectivity index (χ4v) is 4.78. The summed E-state index contributed by atoms with van der Waals surface area (Å²) in [5.74, 6) is -0.258. The molecule has 1 N–H and O–H groups in total. The summed E-state index contributed by atoms with van der Waals surface area (Å²) in [4.78, 5) is 29.4. The molecule has 0 aliphatic carbocycles. The Labute approximate surface area is 209 Å². The second-order valence-corrected chi connectivity index (χ2v) is 9.27. The van der Waals surface area contributed by atoms with E-state index in [1.54, 1.807) is 12.1 Å². The molecule has 0 atom stereocenters. The third-order valence-electron chi connectivity index (χ3n) is 5.72. The van der Waals surface area contributed by atoms with Crippen LogP contribution >= 0.6 is 11.8 Å². The van der Waals surface area contributed by atoms with Crippen molar-refractivity contribution in [2.24, 2.45) is 0 Å². The monoisotopic (exact) mass is 488 g/mol. The number of hydrogen-bond acceptors (Lipinski definition) is 5. The van der Waals surface area contributed by atoms with E-state index in [1.165, 1.54) is 31.5 Å². The zero-order valence-electron chi connectivity index (χ0n) is 20.0. The van der Waals surface area contributed by atoms with Crippen LogP contribution in [0.15, 0.2) is 82.6 Å². The van der Waals surface area contributed by atoms with Crippen molar-refractivity contribution in [1.29, 1.82) is 0 Å². The number of amides is 2. The van der Waals surface area contributed by atoms with Crippen LogP contribution in [0.5, 0.6) is 0 Å². The van der Waals surface area contributed by atoms with E-state index in [0.717, 1.165) is 21.7 Å². The van der Waals surface area contributed by atoms with Crippen molar-refractivity contribution in [1.82, 2.24) is 5.32 Å². The Hall–Kier alpha value is -3.39. The molecule has 0 aromatic heterocycles. The quantitative estimate of drug-likeness (QED) is 0.356. The highest BCUT2D eigenvalue weighted by molar-refractivity contribution is 8.04. The first-order chi connectivity index (χ1) is 17.0. The van der Waals surface area contributed by atoms with E-state index in [0.29, 0.717) is 17.0 Å². The van der Waals surface area contributed by atoms with E-state index in [1.807, 2.05) is 54.3 Å². The van der Waals surface area contributed by atoms with Crippen molar-refractivity contribution in [2.45, 2.75) is 24.7 Å². The van der Waals surface area contributed by atoms with Crippen LogP contribution in [0.3, 0.4) is 0 Å². The maximum absolute atomic E-state index is 13.5. The molecule has 3 aromatic carbocycles. The minimum Gasteiger partial charge on any atom is -0.354 e. The van der Waals surface area contributed by atoms with Gasteiger partial charge in [-0.05, 0) is 48.4 Å². The summed E-state index contributed by atoms with van der Waals surface area (Å²) in [6, 6.07) is 23.3. The zero-order valence-corrected chi connectivity index (χ0v) is 20.8. The van der Waals surface area contributed by atoms with Gasteiger partial charge in [0.25, 0.3) is 11.8 Å². The van der Waals surface area contributed by atoms with Gasteiger partial charge in [0.1, 0.15) is 0 Å². The minimum atomic E-state index is -0.497. The van der Waals surface area contributed by atoms with Crippen LogP contribution in [0, 0.1) is 6.92 Å². The van der Waals surface area contributed by atoms with Crippen molar-refractivity contribution in [3.8, 4) is 0 Å². The van der Waals surface area contributed by atoms with Gasteiger partial charge >= 0.3 is 0 Å². The molecule has 0 radical (unpaired) electrons. The molecule has 3 aromatic rings. The molecular weight excluding hydrogens is 460 g/mol. The van der Waals surface area contributed by atoms with Gasteiger partial charge in [0.05, 0.1) is 23.7 Å². The van der Waals surface area contributed by atoms with Gasteiger partial charge in [0, 0.05) is 24.7 Å². The lowest BCUT2D eigenvalue weighted by Gasteiger charge is -2.30. The van der Waals surface area contributed by atoms with E-state index < -0.39 is 6.29 Å². The lowest BCUT2D eigenvalue weighted by molar-refractivity contribution is -0.114. The number of ether oxygens (including phenoxy) is 2. The summed E-state index contributed by atoms with van der Waals surface area (Å²) >= 11 is 1.47. The first kappa shape index (κ1) is 24.7. The van der Waals surface area contributed by atoms with Gasteiger partial charge < -0.3 is 19.7 Å². The van der Waals surface area contributed by atoms with Crippen LogP contribution in [0.4, 0.5) is 5.69 Å².